The Morgan fingerprint density at radius 1 is 1.17 bits per heavy atom. The SMILES string of the molecule is Cc1nc(Cl)c2cnn(-c3cccc(Cl)c3)c2n1. The van der Waals surface area contributed by atoms with E-state index in [1.807, 2.05) is 24.3 Å². The van der Waals surface area contributed by atoms with Crippen molar-refractivity contribution in [3.8, 4) is 5.69 Å². The van der Waals surface area contributed by atoms with Gasteiger partial charge in [0.25, 0.3) is 0 Å². The second kappa shape index (κ2) is 4.23. The summed E-state index contributed by atoms with van der Waals surface area (Å²) < 4.78 is 1.70. The Bertz CT molecular complexity index is 736. The molecule has 0 saturated heterocycles. The van der Waals surface area contributed by atoms with Crippen molar-refractivity contribution in [1.29, 1.82) is 0 Å². The van der Waals surface area contributed by atoms with Crippen LogP contribution in [0.1, 0.15) is 5.82 Å². The number of halogens is 2. The van der Waals surface area contributed by atoms with E-state index in [2.05, 4.69) is 15.1 Å². The zero-order chi connectivity index (χ0) is 12.7. The molecule has 0 unspecified atom stereocenters. The van der Waals surface area contributed by atoms with E-state index < -0.39 is 0 Å². The molecule has 0 atom stereocenters. The van der Waals surface area contributed by atoms with Crippen molar-refractivity contribution >= 4 is 34.2 Å². The summed E-state index contributed by atoms with van der Waals surface area (Å²) in [5, 5.41) is 6.06. The van der Waals surface area contributed by atoms with E-state index in [0.29, 0.717) is 21.6 Å². The van der Waals surface area contributed by atoms with E-state index in [-0.39, 0.29) is 0 Å². The smallest absolute Gasteiger partial charge is 0.168 e. The normalized spacial score (nSPS) is 11.1. The summed E-state index contributed by atoms with van der Waals surface area (Å²) in [5.41, 5.74) is 1.52. The average molecular weight is 279 g/mol. The molecule has 0 saturated carbocycles. The first-order valence-corrected chi connectivity index (χ1v) is 6.04. The van der Waals surface area contributed by atoms with Crippen LogP contribution in [0.15, 0.2) is 30.5 Å². The van der Waals surface area contributed by atoms with Gasteiger partial charge in [-0.3, -0.25) is 0 Å². The van der Waals surface area contributed by atoms with Crippen molar-refractivity contribution in [2.24, 2.45) is 0 Å². The molecule has 0 aliphatic heterocycles. The topological polar surface area (TPSA) is 43.6 Å². The van der Waals surface area contributed by atoms with Crippen LogP contribution in [-0.2, 0) is 0 Å². The number of fused-ring (bicyclic) bond motifs is 1. The highest BCUT2D eigenvalue weighted by atomic mass is 35.5. The maximum absolute atomic E-state index is 6.06. The zero-order valence-corrected chi connectivity index (χ0v) is 10.9. The van der Waals surface area contributed by atoms with Crippen molar-refractivity contribution in [2.75, 3.05) is 0 Å². The Hall–Kier alpha value is -1.65. The van der Waals surface area contributed by atoms with Gasteiger partial charge in [-0.2, -0.15) is 5.10 Å². The Labute approximate surface area is 113 Å². The van der Waals surface area contributed by atoms with Crippen molar-refractivity contribution in [3.63, 3.8) is 0 Å². The predicted octanol–water partition coefficient (Wildman–Crippen LogP) is 3.43. The second-order valence-corrected chi connectivity index (χ2v) is 4.63. The van der Waals surface area contributed by atoms with Crippen LogP contribution in [0.2, 0.25) is 10.2 Å². The van der Waals surface area contributed by atoms with Crippen LogP contribution in [0.3, 0.4) is 0 Å². The third-order valence-corrected chi connectivity index (χ3v) is 3.07. The largest absolute Gasteiger partial charge is 0.221 e. The van der Waals surface area contributed by atoms with E-state index in [4.69, 9.17) is 23.2 Å². The highest BCUT2D eigenvalue weighted by molar-refractivity contribution is 6.34. The molecule has 3 aromatic rings. The molecule has 0 N–H and O–H groups in total. The summed E-state index contributed by atoms with van der Waals surface area (Å²) in [4.78, 5) is 8.47. The molecule has 0 spiro atoms. The molecule has 0 fully saturated rings. The van der Waals surface area contributed by atoms with Gasteiger partial charge >= 0.3 is 0 Å². The molecule has 0 aliphatic carbocycles. The van der Waals surface area contributed by atoms with Gasteiger partial charge in [-0.1, -0.05) is 29.3 Å². The Balaban J connectivity index is 2.30. The summed E-state index contributed by atoms with van der Waals surface area (Å²) in [6.45, 7) is 1.79. The molecule has 4 nitrogen and oxygen atoms in total. The van der Waals surface area contributed by atoms with Gasteiger partial charge in [0.1, 0.15) is 11.0 Å². The summed E-state index contributed by atoms with van der Waals surface area (Å²) in [7, 11) is 0. The van der Waals surface area contributed by atoms with Gasteiger partial charge in [0.2, 0.25) is 0 Å². The molecule has 3 rings (SSSR count). The first-order chi connectivity index (χ1) is 8.65. The first-order valence-electron chi connectivity index (χ1n) is 5.29. The summed E-state index contributed by atoms with van der Waals surface area (Å²) in [6, 6.07) is 7.40. The lowest BCUT2D eigenvalue weighted by molar-refractivity contribution is 0.889. The summed E-state index contributed by atoms with van der Waals surface area (Å²) in [6.07, 6.45) is 1.65. The molecule has 0 radical (unpaired) electrons. The minimum atomic E-state index is 0.408. The molecule has 18 heavy (non-hydrogen) atoms. The predicted molar refractivity (Wildman–Crippen MR) is 71.4 cm³/mol. The summed E-state index contributed by atoms with van der Waals surface area (Å²) in [5.74, 6) is 0.608. The molecule has 6 heteroatoms. The lowest BCUT2D eigenvalue weighted by Gasteiger charge is -2.03. The van der Waals surface area contributed by atoms with E-state index in [0.717, 1.165) is 11.1 Å². The molecular weight excluding hydrogens is 271 g/mol. The fraction of sp³-hybridized carbons (Fsp3) is 0.0833. The number of hydrogen-bond donors (Lipinski definition) is 0. The van der Waals surface area contributed by atoms with Crippen LogP contribution in [-0.4, -0.2) is 19.7 Å². The number of nitrogens with zero attached hydrogens (tertiary/aromatic N) is 4. The van der Waals surface area contributed by atoms with Crippen LogP contribution >= 0.6 is 23.2 Å². The van der Waals surface area contributed by atoms with Crippen LogP contribution in [0.4, 0.5) is 0 Å². The van der Waals surface area contributed by atoms with Crippen molar-refractivity contribution < 1.29 is 0 Å². The van der Waals surface area contributed by atoms with Crippen LogP contribution < -0.4 is 0 Å². The minimum Gasteiger partial charge on any atom is -0.221 e. The fourth-order valence-corrected chi connectivity index (χ4v) is 2.21. The Morgan fingerprint density at radius 3 is 2.78 bits per heavy atom. The van der Waals surface area contributed by atoms with Gasteiger partial charge in [-0.15, -0.1) is 0 Å². The third-order valence-electron chi connectivity index (χ3n) is 2.55. The quantitative estimate of drug-likeness (QED) is 0.641. The van der Waals surface area contributed by atoms with Crippen LogP contribution in [0, 0.1) is 6.92 Å². The number of aryl methyl sites for hydroxylation is 1. The van der Waals surface area contributed by atoms with Gasteiger partial charge in [-0.25, -0.2) is 14.6 Å². The Morgan fingerprint density at radius 2 is 2.00 bits per heavy atom. The van der Waals surface area contributed by atoms with Gasteiger partial charge in [-0.05, 0) is 25.1 Å². The molecule has 90 valence electrons. The van der Waals surface area contributed by atoms with E-state index in [1.165, 1.54) is 0 Å². The summed E-state index contributed by atoms with van der Waals surface area (Å²) >= 11 is 12.0. The van der Waals surface area contributed by atoms with Crippen molar-refractivity contribution in [1.82, 2.24) is 19.7 Å². The molecular formula is C12H8Cl2N4. The highest BCUT2D eigenvalue weighted by Gasteiger charge is 2.11. The highest BCUT2D eigenvalue weighted by Crippen LogP contribution is 2.23. The average Bonchev–Trinajstić information content (AvgIpc) is 2.72. The van der Waals surface area contributed by atoms with Crippen LogP contribution in [0.5, 0.6) is 0 Å². The standard InChI is InChI=1S/C12H8Cl2N4/c1-7-16-11(14)10-6-15-18(12(10)17-7)9-4-2-3-8(13)5-9/h2-6H,1H3. The van der Waals surface area contributed by atoms with Crippen molar-refractivity contribution in [3.05, 3.63) is 46.5 Å². The third kappa shape index (κ3) is 1.83. The number of rotatable bonds is 1. The molecule has 1 aromatic carbocycles. The molecule has 0 amide bonds. The lowest BCUT2D eigenvalue weighted by atomic mass is 10.3. The van der Waals surface area contributed by atoms with Gasteiger partial charge in [0, 0.05) is 5.02 Å². The van der Waals surface area contributed by atoms with Gasteiger partial charge in [0.15, 0.2) is 5.65 Å². The second-order valence-electron chi connectivity index (χ2n) is 3.84. The molecule has 2 heterocycles. The van der Waals surface area contributed by atoms with E-state index in [1.54, 1.807) is 17.8 Å². The fourth-order valence-electron chi connectivity index (χ4n) is 1.77. The number of benzene rings is 1. The molecule has 2 aromatic heterocycles. The monoisotopic (exact) mass is 278 g/mol. The zero-order valence-electron chi connectivity index (χ0n) is 9.43. The van der Waals surface area contributed by atoms with Gasteiger partial charge in [0.05, 0.1) is 17.3 Å². The first kappa shape index (κ1) is 11.4. The maximum Gasteiger partial charge on any atom is 0.168 e. The van der Waals surface area contributed by atoms with Crippen molar-refractivity contribution in [2.45, 2.75) is 6.92 Å². The minimum absolute atomic E-state index is 0.408. The number of hydrogen-bond acceptors (Lipinski definition) is 3. The molecule has 0 aliphatic rings. The Kier molecular flexibility index (Phi) is 2.69. The van der Waals surface area contributed by atoms with Gasteiger partial charge < -0.3 is 0 Å². The lowest BCUT2D eigenvalue weighted by Crippen LogP contribution is -1.99. The maximum atomic E-state index is 6.06. The number of aromatic nitrogens is 4. The van der Waals surface area contributed by atoms with E-state index in [9.17, 15) is 0 Å². The van der Waals surface area contributed by atoms with Crippen LogP contribution in [0.25, 0.3) is 16.7 Å². The van der Waals surface area contributed by atoms with E-state index >= 15 is 0 Å². The molecule has 0 bridgehead atoms.